The summed E-state index contributed by atoms with van der Waals surface area (Å²) in [5, 5.41) is 8.85. The molecule has 0 amide bonds. The maximum absolute atomic E-state index is 8.85. The van der Waals surface area contributed by atoms with E-state index in [-0.39, 0.29) is 50.7 Å². The smallest absolute Gasteiger partial charge is 0.0617 e. The molecule has 0 heterocycles. The van der Waals surface area contributed by atoms with Gasteiger partial charge in [-0.2, -0.15) is 0 Å². The molecule has 0 spiro atoms. The summed E-state index contributed by atoms with van der Waals surface area (Å²) in [6.45, 7) is 13.9. The predicted octanol–water partition coefficient (Wildman–Crippen LogP) is 5.98. The molecule has 1 radical (unpaired) electrons. The van der Waals surface area contributed by atoms with E-state index >= 15 is 0 Å². The molecule has 1 N–H and O–H groups in total. The van der Waals surface area contributed by atoms with Gasteiger partial charge in [0, 0.05) is 44.1 Å². The Morgan fingerprint density at radius 1 is 1.30 bits per heavy atom. The first-order valence-corrected chi connectivity index (χ1v) is 8.59. The summed E-state index contributed by atoms with van der Waals surface area (Å²) in [7, 11) is 0. The molecule has 0 aromatic heterocycles. The second-order valence-corrected chi connectivity index (χ2v) is 7.54. The van der Waals surface area contributed by atoms with Crippen molar-refractivity contribution in [1.82, 2.24) is 0 Å². The van der Waals surface area contributed by atoms with Gasteiger partial charge in [0.25, 0.3) is 0 Å². The van der Waals surface area contributed by atoms with E-state index in [4.69, 9.17) is 5.11 Å². The third-order valence-electron chi connectivity index (χ3n) is 4.82. The Kier molecular flexibility index (Phi) is 11.2. The monoisotopic (exact) mass is 529 g/mol. The van der Waals surface area contributed by atoms with Crippen LogP contribution in [0, 0.1) is 55.4 Å². The Morgan fingerprint density at radius 2 is 1.96 bits per heavy atom. The number of hydrogen-bond donors (Lipinski definition) is 1. The molecule has 0 fully saturated rings. The third-order valence-corrected chi connectivity index (χ3v) is 4.82. The molecular weight excluding hydrogens is 495 g/mol. The van der Waals surface area contributed by atoms with Crippen LogP contribution in [0.25, 0.3) is 0 Å². The largest absolute Gasteiger partial charge is 0.392 e. The van der Waals surface area contributed by atoms with Gasteiger partial charge in [0.2, 0.25) is 0 Å². The van der Waals surface area contributed by atoms with Crippen molar-refractivity contribution in [1.29, 1.82) is 0 Å². The molecule has 0 aliphatic heterocycles. The molecule has 0 aromatic carbocycles. The molecule has 23 heavy (non-hydrogen) atoms. The fourth-order valence-electron chi connectivity index (χ4n) is 3.96. The van der Waals surface area contributed by atoms with Gasteiger partial charge >= 0.3 is 0 Å². The zero-order chi connectivity index (χ0) is 16.8. The second-order valence-electron chi connectivity index (χ2n) is 7.54. The van der Waals surface area contributed by atoms with E-state index in [0.717, 1.165) is 12.0 Å². The Labute approximate surface area is 179 Å². The van der Waals surface area contributed by atoms with Gasteiger partial charge in [-0.15, -0.1) is 0 Å². The van der Waals surface area contributed by atoms with Gasteiger partial charge in [0.1, 0.15) is 0 Å². The van der Waals surface area contributed by atoms with Crippen LogP contribution in [0.5, 0.6) is 0 Å². The van der Waals surface area contributed by atoms with Gasteiger partial charge in [-0.1, -0.05) is 67.4 Å². The van der Waals surface area contributed by atoms with Gasteiger partial charge < -0.3 is 5.11 Å². The number of hydrogen-bond acceptors (Lipinski definition) is 1. The summed E-state index contributed by atoms with van der Waals surface area (Å²) in [4.78, 5) is 0. The molecule has 0 saturated heterocycles. The second kappa shape index (κ2) is 11.1. The molecule has 0 saturated carbocycles. The molecule has 1 aliphatic carbocycles. The fourth-order valence-corrected chi connectivity index (χ4v) is 3.96. The van der Waals surface area contributed by atoms with Crippen molar-refractivity contribution in [3.8, 4) is 0 Å². The maximum Gasteiger partial charge on any atom is 0.0617 e. The van der Waals surface area contributed by atoms with Crippen molar-refractivity contribution >= 4 is 0 Å². The Balaban J connectivity index is 0.00000484. The van der Waals surface area contributed by atoms with Crippen LogP contribution in [0.4, 0.5) is 0 Å². The first-order valence-electron chi connectivity index (χ1n) is 8.59. The van der Waals surface area contributed by atoms with Crippen molar-refractivity contribution in [3.05, 3.63) is 46.6 Å². The SMILES string of the molecule is CC1=C(C(C)C/C(C)=C/C=C/C(C)=C/CO)C(C)(C)CCC1.[Ac]. The van der Waals surface area contributed by atoms with Gasteiger partial charge in [-0.3, -0.25) is 0 Å². The van der Waals surface area contributed by atoms with Crippen LogP contribution in [-0.2, 0) is 0 Å². The summed E-state index contributed by atoms with van der Waals surface area (Å²) >= 11 is 0. The van der Waals surface area contributed by atoms with Crippen LogP contribution in [0.2, 0.25) is 0 Å². The van der Waals surface area contributed by atoms with Gasteiger partial charge in [0.05, 0.1) is 6.61 Å². The van der Waals surface area contributed by atoms with Crippen molar-refractivity contribution < 1.29 is 49.2 Å². The quantitative estimate of drug-likeness (QED) is 0.332. The number of rotatable bonds is 6. The molecular formula is C21H34AcO. The van der Waals surface area contributed by atoms with Crippen LogP contribution in [0.1, 0.15) is 67.2 Å². The van der Waals surface area contributed by atoms with Crippen LogP contribution >= 0.6 is 0 Å². The summed E-state index contributed by atoms with van der Waals surface area (Å²) < 4.78 is 0. The zero-order valence-corrected chi connectivity index (χ0v) is 20.7. The molecule has 0 aromatic rings. The molecule has 1 unspecified atom stereocenters. The summed E-state index contributed by atoms with van der Waals surface area (Å²) in [5.74, 6) is 0.619. The van der Waals surface area contributed by atoms with Crippen LogP contribution in [0.3, 0.4) is 0 Å². The first kappa shape index (κ1) is 23.4. The fraction of sp³-hybridized carbons (Fsp3) is 0.619. The molecule has 2 heteroatoms. The van der Waals surface area contributed by atoms with E-state index in [1.165, 1.54) is 24.8 Å². The minimum absolute atomic E-state index is 0. The average Bonchev–Trinajstić information content (AvgIpc) is 2.37. The molecule has 1 nitrogen and oxygen atoms in total. The molecule has 1 rings (SSSR count). The van der Waals surface area contributed by atoms with E-state index in [0.29, 0.717) is 11.3 Å². The van der Waals surface area contributed by atoms with Crippen LogP contribution < -0.4 is 0 Å². The van der Waals surface area contributed by atoms with Crippen molar-refractivity contribution in [2.75, 3.05) is 6.61 Å². The van der Waals surface area contributed by atoms with Crippen molar-refractivity contribution in [2.45, 2.75) is 67.2 Å². The maximum atomic E-state index is 8.85. The topological polar surface area (TPSA) is 20.2 Å². The van der Waals surface area contributed by atoms with Gasteiger partial charge in [0.15, 0.2) is 0 Å². The Hall–Kier alpha value is 0.362. The Bertz CT molecular complexity index is 492. The molecule has 127 valence electrons. The van der Waals surface area contributed by atoms with Gasteiger partial charge in [-0.05, 0) is 57.8 Å². The van der Waals surface area contributed by atoms with Crippen molar-refractivity contribution in [3.63, 3.8) is 0 Å². The summed E-state index contributed by atoms with van der Waals surface area (Å²) in [5.41, 5.74) is 6.19. The van der Waals surface area contributed by atoms with Crippen molar-refractivity contribution in [2.24, 2.45) is 11.3 Å². The zero-order valence-electron chi connectivity index (χ0n) is 15.9. The molecule has 1 aliphatic rings. The summed E-state index contributed by atoms with van der Waals surface area (Å²) in [6.07, 6.45) is 13.2. The van der Waals surface area contributed by atoms with Gasteiger partial charge in [-0.25, -0.2) is 0 Å². The minimum Gasteiger partial charge on any atom is -0.392 e. The van der Waals surface area contributed by atoms with E-state index in [2.05, 4.69) is 52.8 Å². The number of aliphatic hydroxyl groups is 1. The van der Waals surface area contributed by atoms with Crippen LogP contribution in [-0.4, -0.2) is 11.7 Å². The predicted molar refractivity (Wildman–Crippen MR) is 97.9 cm³/mol. The number of aliphatic hydroxyl groups excluding tert-OH is 1. The summed E-state index contributed by atoms with van der Waals surface area (Å²) in [6, 6.07) is 0. The average molecular weight is 530 g/mol. The normalized spacial score (nSPS) is 20.7. The molecule has 0 bridgehead atoms. The number of allylic oxidation sites excluding steroid dienone is 7. The standard InChI is InChI=1S/C21H34O.Ac/c1-16(12-14-22)9-7-10-17(2)15-19(4)20-18(3)11-8-13-21(20,5)6;/h7,9-10,12,19,22H,8,11,13-15H2,1-6H3;/b9-7+,16-12+,17-10+;. The van der Waals surface area contributed by atoms with E-state index in [1.54, 1.807) is 11.1 Å². The van der Waals surface area contributed by atoms with Crippen LogP contribution in [0.15, 0.2) is 46.6 Å². The van der Waals surface area contributed by atoms with E-state index < -0.39 is 0 Å². The molecule has 1 atom stereocenters. The van der Waals surface area contributed by atoms with E-state index in [1.807, 2.05) is 13.0 Å². The third kappa shape index (κ3) is 7.85. The first-order chi connectivity index (χ1) is 10.3. The Morgan fingerprint density at radius 3 is 2.52 bits per heavy atom. The minimum atomic E-state index is 0. The van der Waals surface area contributed by atoms with E-state index in [9.17, 15) is 0 Å².